The lowest BCUT2D eigenvalue weighted by Gasteiger charge is -2.29. The molecule has 106 valence electrons. The summed E-state index contributed by atoms with van der Waals surface area (Å²) in [4.78, 5) is 2.22. The molecule has 2 N–H and O–H groups in total. The minimum Gasteiger partial charge on any atom is -0.419 e. The molecule has 1 aromatic heterocycles. The van der Waals surface area contributed by atoms with Gasteiger partial charge in [-0.1, -0.05) is 0 Å². The van der Waals surface area contributed by atoms with Gasteiger partial charge in [0.2, 0.25) is 11.8 Å². The SMILES string of the molecule is N[C@@H]1CCCN(Cc2nnc(-c3ccc(F)cc3)o2)C1. The van der Waals surface area contributed by atoms with Crippen LogP contribution in [0, 0.1) is 5.82 Å². The summed E-state index contributed by atoms with van der Waals surface area (Å²) in [6, 6.07) is 6.24. The van der Waals surface area contributed by atoms with E-state index in [0.717, 1.165) is 31.5 Å². The van der Waals surface area contributed by atoms with E-state index < -0.39 is 0 Å². The van der Waals surface area contributed by atoms with Crippen molar-refractivity contribution in [2.45, 2.75) is 25.4 Å². The zero-order valence-corrected chi connectivity index (χ0v) is 11.1. The molecule has 1 aromatic carbocycles. The topological polar surface area (TPSA) is 68.2 Å². The molecule has 2 aromatic rings. The molecule has 0 bridgehead atoms. The first-order chi connectivity index (χ1) is 9.70. The van der Waals surface area contributed by atoms with E-state index in [0.29, 0.717) is 18.3 Å². The summed E-state index contributed by atoms with van der Waals surface area (Å²) in [6.07, 6.45) is 2.17. The highest BCUT2D eigenvalue weighted by Gasteiger charge is 2.19. The first-order valence-corrected chi connectivity index (χ1v) is 6.77. The molecule has 3 rings (SSSR count). The maximum atomic E-state index is 12.9. The minimum atomic E-state index is -0.282. The third-order valence-electron chi connectivity index (χ3n) is 3.46. The van der Waals surface area contributed by atoms with E-state index in [1.54, 1.807) is 12.1 Å². The van der Waals surface area contributed by atoms with E-state index in [-0.39, 0.29) is 11.9 Å². The Morgan fingerprint density at radius 2 is 2.10 bits per heavy atom. The van der Waals surface area contributed by atoms with E-state index in [2.05, 4.69) is 15.1 Å². The van der Waals surface area contributed by atoms with Crippen LogP contribution in [0.1, 0.15) is 18.7 Å². The second-order valence-corrected chi connectivity index (χ2v) is 5.15. The number of nitrogens with two attached hydrogens (primary N) is 1. The number of aromatic nitrogens is 2. The van der Waals surface area contributed by atoms with Gasteiger partial charge in [-0.3, -0.25) is 4.90 Å². The molecule has 0 spiro atoms. The lowest BCUT2D eigenvalue weighted by atomic mass is 10.1. The Bertz CT molecular complexity index is 569. The molecule has 1 atom stereocenters. The summed E-state index contributed by atoms with van der Waals surface area (Å²) in [5.41, 5.74) is 6.67. The molecule has 1 saturated heterocycles. The Labute approximate surface area is 116 Å². The monoisotopic (exact) mass is 276 g/mol. The Hall–Kier alpha value is -1.79. The number of hydrogen-bond donors (Lipinski definition) is 1. The van der Waals surface area contributed by atoms with E-state index in [9.17, 15) is 4.39 Å². The van der Waals surface area contributed by atoms with Crippen molar-refractivity contribution < 1.29 is 8.81 Å². The number of halogens is 1. The summed E-state index contributed by atoms with van der Waals surface area (Å²) < 4.78 is 18.5. The van der Waals surface area contributed by atoms with Crippen molar-refractivity contribution in [3.8, 4) is 11.5 Å². The Morgan fingerprint density at radius 1 is 1.30 bits per heavy atom. The summed E-state index contributed by atoms with van der Waals surface area (Å²) >= 11 is 0. The number of nitrogens with zero attached hydrogens (tertiary/aromatic N) is 3. The van der Waals surface area contributed by atoms with Gasteiger partial charge in [-0.15, -0.1) is 10.2 Å². The maximum Gasteiger partial charge on any atom is 0.247 e. The van der Waals surface area contributed by atoms with Crippen LogP contribution in [0.4, 0.5) is 4.39 Å². The maximum absolute atomic E-state index is 12.9. The second kappa shape index (κ2) is 5.68. The van der Waals surface area contributed by atoms with Gasteiger partial charge in [-0.2, -0.15) is 0 Å². The molecule has 5 nitrogen and oxygen atoms in total. The highest BCUT2D eigenvalue weighted by molar-refractivity contribution is 5.51. The van der Waals surface area contributed by atoms with Crippen molar-refractivity contribution in [2.75, 3.05) is 13.1 Å². The van der Waals surface area contributed by atoms with E-state index in [1.807, 2.05) is 0 Å². The second-order valence-electron chi connectivity index (χ2n) is 5.15. The number of likely N-dealkylation sites (tertiary alicyclic amines) is 1. The van der Waals surface area contributed by atoms with Gasteiger partial charge in [0.25, 0.3) is 0 Å². The zero-order chi connectivity index (χ0) is 13.9. The lowest BCUT2D eigenvalue weighted by Crippen LogP contribution is -2.42. The van der Waals surface area contributed by atoms with Crippen LogP contribution in [0.2, 0.25) is 0 Å². The molecule has 1 aliphatic rings. The molecule has 0 unspecified atom stereocenters. The molecule has 20 heavy (non-hydrogen) atoms. The van der Waals surface area contributed by atoms with Crippen LogP contribution in [0.25, 0.3) is 11.5 Å². The van der Waals surface area contributed by atoms with Gasteiger partial charge in [0, 0.05) is 18.2 Å². The summed E-state index contributed by atoms with van der Waals surface area (Å²) in [5.74, 6) is 0.704. The Balaban J connectivity index is 1.69. The van der Waals surface area contributed by atoms with Gasteiger partial charge >= 0.3 is 0 Å². The van der Waals surface area contributed by atoms with Crippen molar-refractivity contribution >= 4 is 0 Å². The van der Waals surface area contributed by atoms with Crippen LogP contribution in [-0.2, 0) is 6.54 Å². The standard InChI is InChI=1S/C14H17FN4O/c15-11-5-3-10(4-6-11)14-18-17-13(20-14)9-19-7-1-2-12(16)8-19/h3-6,12H,1-2,7-9,16H2/t12-/m1/s1. The first kappa shape index (κ1) is 13.2. The molecule has 0 saturated carbocycles. The molecule has 0 radical (unpaired) electrons. The third-order valence-corrected chi connectivity index (χ3v) is 3.46. The summed E-state index contributed by atoms with van der Waals surface area (Å²) in [7, 11) is 0. The van der Waals surface area contributed by atoms with Crippen LogP contribution in [-0.4, -0.2) is 34.2 Å². The molecule has 6 heteroatoms. The minimum absolute atomic E-state index is 0.225. The van der Waals surface area contributed by atoms with Crippen LogP contribution in [0.5, 0.6) is 0 Å². The van der Waals surface area contributed by atoms with Gasteiger partial charge < -0.3 is 10.2 Å². The number of hydrogen-bond acceptors (Lipinski definition) is 5. The highest BCUT2D eigenvalue weighted by Crippen LogP contribution is 2.19. The summed E-state index contributed by atoms with van der Waals surface area (Å²) in [6.45, 7) is 2.47. The Morgan fingerprint density at radius 3 is 2.85 bits per heavy atom. The van der Waals surface area contributed by atoms with E-state index in [4.69, 9.17) is 10.2 Å². The molecular weight excluding hydrogens is 259 g/mol. The normalized spacial score (nSPS) is 20.2. The van der Waals surface area contributed by atoms with Gasteiger partial charge in [-0.25, -0.2) is 4.39 Å². The van der Waals surface area contributed by atoms with Gasteiger partial charge in [-0.05, 0) is 43.7 Å². The fourth-order valence-corrected chi connectivity index (χ4v) is 2.45. The quantitative estimate of drug-likeness (QED) is 0.925. The van der Waals surface area contributed by atoms with Crippen LogP contribution in [0.15, 0.2) is 28.7 Å². The average Bonchev–Trinajstić information content (AvgIpc) is 2.88. The van der Waals surface area contributed by atoms with Gasteiger partial charge in [0.05, 0.1) is 6.54 Å². The van der Waals surface area contributed by atoms with E-state index in [1.165, 1.54) is 12.1 Å². The van der Waals surface area contributed by atoms with Crippen molar-refractivity contribution in [2.24, 2.45) is 5.73 Å². The largest absolute Gasteiger partial charge is 0.419 e. The molecule has 0 amide bonds. The predicted molar refractivity (Wildman–Crippen MR) is 72.2 cm³/mol. The lowest BCUT2D eigenvalue weighted by molar-refractivity contribution is 0.185. The number of piperidine rings is 1. The van der Waals surface area contributed by atoms with Crippen LogP contribution < -0.4 is 5.73 Å². The zero-order valence-electron chi connectivity index (χ0n) is 11.1. The average molecular weight is 276 g/mol. The highest BCUT2D eigenvalue weighted by atomic mass is 19.1. The fourth-order valence-electron chi connectivity index (χ4n) is 2.45. The van der Waals surface area contributed by atoms with Gasteiger partial charge in [0.1, 0.15) is 5.82 Å². The summed E-state index contributed by atoms with van der Waals surface area (Å²) in [5, 5.41) is 8.04. The third kappa shape index (κ3) is 3.02. The molecular formula is C14H17FN4O. The molecule has 2 heterocycles. The van der Waals surface area contributed by atoms with Crippen molar-refractivity contribution in [3.05, 3.63) is 36.0 Å². The fraction of sp³-hybridized carbons (Fsp3) is 0.429. The smallest absolute Gasteiger partial charge is 0.247 e. The van der Waals surface area contributed by atoms with Crippen LogP contribution >= 0.6 is 0 Å². The van der Waals surface area contributed by atoms with Gasteiger partial charge in [0.15, 0.2) is 0 Å². The molecule has 1 aliphatic heterocycles. The predicted octanol–water partition coefficient (Wildman–Crippen LogP) is 1.80. The van der Waals surface area contributed by atoms with Crippen molar-refractivity contribution in [3.63, 3.8) is 0 Å². The van der Waals surface area contributed by atoms with Crippen molar-refractivity contribution in [1.82, 2.24) is 15.1 Å². The Kier molecular flexibility index (Phi) is 3.75. The molecule has 0 aliphatic carbocycles. The van der Waals surface area contributed by atoms with Crippen LogP contribution in [0.3, 0.4) is 0 Å². The first-order valence-electron chi connectivity index (χ1n) is 6.77. The molecule has 1 fully saturated rings. The number of rotatable bonds is 3. The number of benzene rings is 1. The van der Waals surface area contributed by atoms with Crippen molar-refractivity contribution in [1.29, 1.82) is 0 Å². The van der Waals surface area contributed by atoms with E-state index >= 15 is 0 Å².